The van der Waals surface area contributed by atoms with Crippen molar-refractivity contribution in [3.05, 3.63) is 30.9 Å². The molecular formula is C17H23N3O5S. The molecule has 8 nitrogen and oxygen atoms in total. The van der Waals surface area contributed by atoms with Gasteiger partial charge in [0.05, 0.1) is 42.7 Å². The number of carbonyl (C=O) groups is 1. The summed E-state index contributed by atoms with van der Waals surface area (Å²) in [5, 5.41) is 2.73. The smallest absolute Gasteiger partial charge is 0.247 e. The molecule has 1 aromatic carbocycles. The second-order valence-corrected chi connectivity index (χ2v) is 7.93. The summed E-state index contributed by atoms with van der Waals surface area (Å²) in [4.78, 5) is 14.0. The molecule has 2 aliphatic rings. The highest BCUT2D eigenvalue weighted by molar-refractivity contribution is 7.89. The fraction of sp³-hybridized carbons (Fsp3) is 0.471. The van der Waals surface area contributed by atoms with Crippen molar-refractivity contribution in [1.29, 1.82) is 0 Å². The quantitative estimate of drug-likeness (QED) is 0.755. The molecule has 2 heterocycles. The molecular weight excluding hydrogens is 358 g/mol. The minimum Gasteiger partial charge on any atom is -0.379 e. The standard InChI is InChI=1S/C17H23N3O5S/c1-2-17(21)18-15-13-14(26(22,23)20-7-11-25-12-8-20)3-4-16(15)19-5-9-24-10-6-19/h2-4,13H,1,5-12H2,(H,18,21). The molecule has 142 valence electrons. The van der Waals surface area contributed by atoms with Crippen LogP contribution in [0.25, 0.3) is 0 Å². The number of hydrogen-bond acceptors (Lipinski definition) is 6. The van der Waals surface area contributed by atoms with E-state index in [0.29, 0.717) is 58.3 Å². The molecule has 26 heavy (non-hydrogen) atoms. The lowest BCUT2D eigenvalue weighted by Gasteiger charge is -2.31. The predicted octanol–water partition coefficient (Wildman–Crippen LogP) is 0.669. The van der Waals surface area contributed by atoms with Crippen LogP contribution in [0.2, 0.25) is 0 Å². The highest BCUT2D eigenvalue weighted by Crippen LogP contribution is 2.31. The summed E-state index contributed by atoms with van der Waals surface area (Å²) in [5.74, 6) is -0.388. The van der Waals surface area contributed by atoms with E-state index in [2.05, 4.69) is 16.8 Å². The molecule has 3 rings (SSSR count). The lowest BCUT2D eigenvalue weighted by Crippen LogP contribution is -2.40. The Morgan fingerprint density at radius 3 is 2.31 bits per heavy atom. The first-order valence-electron chi connectivity index (χ1n) is 8.50. The Bertz CT molecular complexity index is 769. The molecule has 1 N–H and O–H groups in total. The molecule has 0 bridgehead atoms. The van der Waals surface area contributed by atoms with Crippen molar-refractivity contribution in [2.75, 3.05) is 62.8 Å². The van der Waals surface area contributed by atoms with E-state index in [1.807, 2.05) is 0 Å². The first kappa shape index (κ1) is 18.8. The second kappa shape index (κ2) is 8.17. The van der Waals surface area contributed by atoms with Gasteiger partial charge >= 0.3 is 0 Å². The van der Waals surface area contributed by atoms with Gasteiger partial charge in [-0.25, -0.2) is 8.42 Å². The van der Waals surface area contributed by atoms with Gasteiger partial charge in [0.2, 0.25) is 15.9 Å². The number of nitrogens with zero attached hydrogens (tertiary/aromatic N) is 2. The van der Waals surface area contributed by atoms with Crippen LogP contribution in [0.15, 0.2) is 35.7 Å². The van der Waals surface area contributed by atoms with Crippen LogP contribution < -0.4 is 10.2 Å². The van der Waals surface area contributed by atoms with Gasteiger partial charge in [-0.05, 0) is 24.3 Å². The van der Waals surface area contributed by atoms with Crippen molar-refractivity contribution >= 4 is 27.3 Å². The van der Waals surface area contributed by atoms with Crippen LogP contribution in [0.4, 0.5) is 11.4 Å². The minimum atomic E-state index is -3.64. The Hall–Kier alpha value is -1.94. The maximum absolute atomic E-state index is 12.9. The van der Waals surface area contributed by atoms with Gasteiger partial charge in [0.15, 0.2) is 0 Å². The van der Waals surface area contributed by atoms with Gasteiger partial charge in [0.1, 0.15) is 0 Å². The van der Waals surface area contributed by atoms with Crippen LogP contribution in [-0.4, -0.2) is 71.2 Å². The third-order valence-corrected chi connectivity index (χ3v) is 6.27. The number of carbonyl (C=O) groups excluding carboxylic acids is 1. The summed E-state index contributed by atoms with van der Waals surface area (Å²) >= 11 is 0. The summed E-state index contributed by atoms with van der Waals surface area (Å²) in [6.07, 6.45) is 1.16. The van der Waals surface area contributed by atoms with E-state index in [4.69, 9.17) is 9.47 Å². The fourth-order valence-electron chi connectivity index (χ4n) is 2.98. The third kappa shape index (κ3) is 4.07. The Morgan fingerprint density at radius 2 is 1.69 bits per heavy atom. The second-order valence-electron chi connectivity index (χ2n) is 5.99. The van der Waals surface area contributed by atoms with Gasteiger partial charge in [0.25, 0.3) is 0 Å². The summed E-state index contributed by atoms with van der Waals surface area (Å²) in [5.41, 5.74) is 1.22. The van der Waals surface area contributed by atoms with Crippen molar-refractivity contribution in [1.82, 2.24) is 4.31 Å². The van der Waals surface area contributed by atoms with Crippen molar-refractivity contribution in [2.45, 2.75) is 4.90 Å². The molecule has 9 heteroatoms. The minimum absolute atomic E-state index is 0.149. The highest BCUT2D eigenvalue weighted by Gasteiger charge is 2.28. The van der Waals surface area contributed by atoms with Gasteiger partial charge in [-0.15, -0.1) is 0 Å². The number of morpholine rings is 2. The molecule has 0 spiro atoms. The fourth-order valence-corrected chi connectivity index (χ4v) is 4.41. The number of nitrogens with one attached hydrogen (secondary N) is 1. The molecule has 0 unspecified atom stereocenters. The molecule has 1 amide bonds. The average Bonchev–Trinajstić information content (AvgIpc) is 2.69. The molecule has 2 saturated heterocycles. The summed E-state index contributed by atoms with van der Waals surface area (Å²) in [7, 11) is -3.64. The van der Waals surface area contributed by atoms with E-state index >= 15 is 0 Å². The van der Waals surface area contributed by atoms with Crippen LogP contribution in [0, 0.1) is 0 Å². The van der Waals surface area contributed by atoms with Gasteiger partial charge in [-0.2, -0.15) is 4.31 Å². The Kier molecular flexibility index (Phi) is 5.92. The zero-order valence-electron chi connectivity index (χ0n) is 14.5. The van der Waals surface area contributed by atoms with E-state index in [9.17, 15) is 13.2 Å². The maximum Gasteiger partial charge on any atom is 0.247 e. The molecule has 2 aliphatic heterocycles. The zero-order valence-corrected chi connectivity index (χ0v) is 15.3. The maximum atomic E-state index is 12.9. The van der Waals surface area contributed by atoms with Crippen molar-refractivity contribution in [2.24, 2.45) is 0 Å². The number of sulfonamides is 1. The van der Waals surface area contributed by atoms with Gasteiger partial charge in [0, 0.05) is 26.2 Å². The first-order chi connectivity index (χ1) is 12.5. The summed E-state index contributed by atoms with van der Waals surface area (Å²) < 4.78 is 37.8. The highest BCUT2D eigenvalue weighted by atomic mass is 32.2. The number of ether oxygens (including phenoxy) is 2. The third-order valence-electron chi connectivity index (χ3n) is 4.37. The number of amides is 1. The van der Waals surface area contributed by atoms with Crippen LogP contribution in [0.1, 0.15) is 0 Å². The molecule has 0 aliphatic carbocycles. The Labute approximate surface area is 153 Å². The number of rotatable bonds is 5. The van der Waals surface area contributed by atoms with E-state index in [0.717, 1.165) is 11.8 Å². The molecule has 0 atom stereocenters. The Morgan fingerprint density at radius 1 is 1.08 bits per heavy atom. The zero-order chi connectivity index (χ0) is 18.6. The van der Waals surface area contributed by atoms with E-state index in [1.165, 1.54) is 10.4 Å². The van der Waals surface area contributed by atoms with Gasteiger partial charge in [-0.1, -0.05) is 6.58 Å². The van der Waals surface area contributed by atoms with Crippen LogP contribution >= 0.6 is 0 Å². The average molecular weight is 381 g/mol. The topological polar surface area (TPSA) is 88.2 Å². The van der Waals surface area contributed by atoms with Crippen molar-refractivity contribution in [3.8, 4) is 0 Å². The largest absolute Gasteiger partial charge is 0.379 e. The molecule has 2 fully saturated rings. The normalized spacial score (nSPS) is 19.2. The Balaban J connectivity index is 1.95. The van der Waals surface area contributed by atoms with Crippen molar-refractivity contribution in [3.63, 3.8) is 0 Å². The van der Waals surface area contributed by atoms with Crippen molar-refractivity contribution < 1.29 is 22.7 Å². The number of anilines is 2. The summed E-state index contributed by atoms with van der Waals surface area (Å²) in [6, 6.07) is 4.83. The number of benzene rings is 1. The van der Waals surface area contributed by atoms with Gasteiger partial charge in [-0.3, -0.25) is 4.79 Å². The molecule has 0 aromatic heterocycles. The van der Waals surface area contributed by atoms with Crippen LogP contribution in [-0.2, 0) is 24.3 Å². The molecule has 1 aromatic rings. The summed E-state index contributed by atoms with van der Waals surface area (Å²) in [6.45, 7) is 7.38. The van der Waals surface area contributed by atoms with E-state index < -0.39 is 10.0 Å². The monoisotopic (exact) mass is 381 g/mol. The van der Waals surface area contributed by atoms with E-state index in [-0.39, 0.29) is 10.8 Å². The molecule has 0 saturated carbocycles. The number of hydrogen-bond donors (Lipinski definition) is 1. The van der Waals surface area contributed by atoms with Crippen LogP contribution in [0.3, 0.4) is 0 Å². The van der Waals surface area contributed by atoms with Crippen LogP contribution in [0.5, 0.6) is 0 Å². The lowest BCUT2D eigenvalue weighted by atomic mass is 10.2. The lowest BCUT2D eigenvalue weighted by molar-refractivity contribution is -0.111. The predicted molar refractivity (Wildman–Crippen MR) is 97.9 cm³/mol. The first-order valence-corrected chi connectivity index (χ1v) is 9.94. The molecule has 0 radical (unpaired) electrons. The van der Waals surface area contributed by atoms with Gasteiger partial charge < -0.3 is 19.7 Å². The SMILES string of the molecule is C=CC(=O)Nc1cc(S(=O)(=O)N2CCOCC2)ccc1N1CCOCC1. The van der Waals surface area contributed by atoms with E-state index in [1.54, 1.807) is 12.1 Å².